The molecule has 0 aromatic heterocycles. The smallest absolute Gasteiger partial charge is 0.387 e. The molecule has 1 aliphatic heterocycles. The number of aliphatic hydroxyl groups excluding tert-OH is 1. The predicted molar refractivity (Wildman–Crippen MR) is 170 cm³/mol. The minimum Gasteiger partial charge on any atom is -0.469 e. The minimum absolute atomic E-state index is 0.0325. The number of halogens is 2. The normalized spacial score (nSPS) is 26.4. The second kappa shape index (κ2) is 14.8. The number of aliphatic hydroxyl groups is 1. The van der Waals surface area contributed by atoms with E-state index in [1.54, 1.807) is 24.4 Å². The number of allylic oxidation sites excluding steroid dienone is 7. The topological polar surface area (TPSA) is 83.7 Å². The Hall–Kier alpha value is -3.85. The van der Waals surface area contributed by atoms with Gasteiger partial charge < -0.3 is 19.5 Å². The van der Waals surface area contributed by atoms with Gasteiger partial charge in [-0.15, -0.1) is 0 Å². The van der Waals surface area contributed by atoms with Crippen molar-refractivity contribution in [1.82, 2.24) is 4.90 Å². The van der Waals surface area contributed by atoms with Crippen LogP contribution in [0.3, 0.4) is 0 Å². The maximum atomic E-state index is 13.0. The van der Waals surface area contributed by atoms with Crippen LogP contribution in [0.5, 0.6) is 5.75 Å². The third-order valence-corrected chi connectivity index (χ3v) is 8.99. The molecule has 4 rings (SSSR count). The van der Waals surface area contributed by atoms with Crippen LogP contribution in [0.1, 0.15) is 58.4 Å². The van der Waals surface area contributed by atoms with E-state index in [4.69, 9.17) is 14.5 Å². The number of aliphatic imine (C=N–C) groups is 2. The Bertz CT molecular complexity index is 1410. The summed E-state index contributed by atoms with van der Waals surface area (Å²) >= 11 is 0. The molecule has 0 amide bonds. The molecule has 7 nitrogen and oxygen atoms in total. The molecule has 0 radical (unpaired) electrons. The van der Waals surface area contributed by atoms with Crippen LogP contribution in [0.25, 0.3) is 0 Å². The van der Waals surface area contributed by atoms with Crippen molar-refractivity contribution in [3.8, 4) is 5.75 Å². The largest absolute Gasteiger partial charge is 0.469 e. The van der Waals surface area contributed by atoms with E-state index in [2.05, 4.69) is 16.5 Å². The molecule has 2 bridgehead atoms. The van der Waals surface area contributed by atoms with Gasteiger partial charge in [-0.05, 0) is 87.7 Å². The zero-order valence-corrected chi connectivity index (χ0v) is 26.2. The Morgan fingerprint density at radius 3 is 2.39 bits per heavy atom. The first-order valence-corrected chi connectivity index (χ1v) is 15.1. The van der Waals surface area contributed by atoms with E-state index < -0.39 is 12.7 Å². The first-order valence-electron chi connectivity index (χ1n) is 15.1. The molecule has 2 fully saturated rings. The number of fused-ring (bicyclic) bond motifs is 2. The molecule has 1 aromatic rings. The number of piperidine rings is 1. The molecule has 1 saturated heterocycles. The second-order valence-electron chi connectivity index (χ2n) is 11.6. The van der Waals surface area contributed by atoms with Gasteiger partial charge in [-0.3, -0.25) is 9.79 Å². The second-order valence-corrected chi connectivity index (χ2v) is 11.6. The molecule has 4 unspecified atom stereocenters. The van der Waals surface area contributed by atoms with Crippen LogP contribution in [0.2, 0.25) is 0 Å². The number of carbonyl (C=O) groups is 1. The highest BCUT2D eigenvalue weighted by molar-refractivity contribution is 5.95. The molecule has 4 atom stereocenters. The van der Waals surface area contributed by atoms with E-state index in [0.717, 1.165) is 42.7 Å². The molecule has 1 heterocycles. The number of carbonyl (C=O) groups excluding carboxylic acids is 1. The summed E-state index contributed by atoms with van der Waals surface area (Å²) in [5.41, 5.74) is 4.52. The number of esters is 1. The highest BCUT2D eigenvalue weighted by Crippen LogP contribution is 2.44. The number of ether oxygens (including phenoxy) is 2. The van der Waals surface area contributed by atoms with Gasteiger partial charge in [0.05, 0.1) is 24.8 Å². The molecule has 2 aliphatic carbocycles. The van der Waals surface area contributed by atoms with Crippen LogP contribution in [0.15, 0.2) is 93.4 Å². The van der Waals surface area contributed by atoms with E-state index >= 15 is 0 Å². The quantitative estimate of drug-likeness (QED) is 0.167. The van der Waals surface area contributed by atoms with Gasteiger partial charge in [-0.2, -0.15) is 8.78 Å². The van der Waals surface area contributed by atoms with Crippen LogP contribution in [-0.4, -0.2) is 60.8 Å². The zero-order valence-electron chi connectivity index (χ0n) is 26.2. The van der Waals surface area contributed by atoms with Crippen LogP contribution in [0.4, 0.5) is 8.78 Å². The fraction of sp³-hybridized carbons (Fsp3) is 0.457. The molecule has 1 saturated carbocycles. The average Bonchev–Trinajstić information content (AvgIpc) is 3.43. The zero-order chi connectivity index (χ0) is 32.0. The van der Waals surface area contributed by atoms with E-state index in [1.165, 1.54) is 13.2 Å². The molecule has 44 heavy (non-hydrogen) atoms. The molecule has 236 valence electrons. The van der Waals surface area contributed by atoms with Gasteiger partial charge in [-0.1, -0.05) is 43.0 Å². The van der Waals surface area contributed by atoms with E-state index in [0.29, 0.717) is 29.2 Å². The van der Waals surface area contributed by atoms with Crippen molar-refractivity contribution in [2.75, 3.05) is 20.2 Å². The Morgan fingerprint density at radius 1 is 1.11 bits per heavy atom. The maximum Gasteiger partial charge on any atom is 0.387 e. The van der Waals surface area contributed by atoms with Crippen LogP contribution >= 0.6 is 0 Å². The Kier molecular flexibility index (Phi) is 11.1. The van der Waals surface area contributed by atoms with Crippen molar-refractivity contribution < 1.29 is 28.2 Å². The standard InChI is InChI=1S/C35H43F2N3O4/c1-7-24(25(8-2)18-38-23(5)40-19-26-15-16-27(20-40)32(26)34(42)43-6)14-13-21(3)39-33-22(4)29(17-30(33)41)28-11-9-10-12-31(28)44-35(36)37/h7-14,18,26-27,29-30,32,35,41H,5,15-17,19-20H2,1-4,6H3/b14-13-,24-7-,25-8+,38-18-,39-21+. The molecule has 9 heteroatoms. The van der Waals surface area contributed by atoms with E-state index in [1.807, 2.05) is 52.0 Å². The molecule has 0 spiro atoms. The maximum absolute atomic E-state index is 13.0. The Balaban J connectivity index is 1.44. The van der Waals surface area contributed by atoms with Crippen molar-refractivity contribution in [2.45, 2.75) is 65.6 Å². The van der Waals surface area contributed by atoms with Crippen molar-refractivity contribution in [3.63, 3.8) is 0 Å². The minimum atomic E-state index is -2.93. The lowest BCUT2D eigenvalue weighted by Crippen LogP contribution is -2.44. The summed E-state index contributed by atoms with van der Waals surface area (Å²) in [5.74, 6) is 0.896. The SMILES string of the molecule is C=C(\N=C/C(=C\C)C(/C=C\C(C)=N\C1=C(C)C(c2ccccc2OC(F)F)CC1O)=C\C)N1CC2CCC(C1)C2C(=O)OC. The third-order valence-electron chi connectivity index (χ3n) is 8.99. The summed E-state index contributed by atoms with van der Waals surface area (Å²) in [5, 5.41) is 10.8. The highest BCUT2D eigenvalue weighted by atomic mass is 19.3. The van der Waals surface area contributed by atoms with Gasteiger partial charge in [0.25, 0.3) is 0 Å². The van der Waals surface area contributed by atoms with Gasteiger partial charge in [0.15, 0.2) is 0 Å². The number of hydrogen-bond donors (Lipinski definition) is 1. The molecule has 1 aromatic carbocycles. The Morgan fingerprint density at radius 2 is 1.77 bits per heavy atom. The number of likely N-dealkylation sites (tertiary alicyclic amines) is 1. The number of hydrogen-bond acceptors (Lipinski definition) is 7. The summed E-state index contributed by atoms with van der Waals surface area (Å²) in [6, 6.07) is 6.69. The van der Waals surface area contributed by atoms with Crippen LogP contribution in [-0.2, 0) is 9.53 Å². The molecule has 3 aliphatic rings. The van der Waals surface area contributed by atoms with Crippen molar-refractivity contribution in [1.29, 1.82) is 0 Å². The molecule has 1 N–H and O–H groups in total. The number of alkyl halides is 2. The Labute approximate surface area is 259 Å². The third kappa shape index (κ3) is 7.44. The summed E-state index contributed by atoms with van der Waals surface area (Å²) in [6.07, 6.45) is 11.2. The number of rotatable bonds is 11. The lowest BCUT2D eigenvalue weighted by molar-refractivity contribution is -0.150. The summed E-state index contributed by atoms with van der Waals surface area (Å²) in [7, 11) is 1.46. The average molecular weight is 608 g/mol. The number of methoxy groups -OCH3 is 1. The fourth-order valence-corrected chi connectivity index (χ4v) is 6.74. The number of para-hydroxylation sites is 1. The fourth-order valence-electron chi connectivity index (χ4n) is 6.74. The van der Waals surface area contributed by atoms with Gasteiger partial charge >= 0.3 is 12.6 Å². The summed E-state index contributed by atoms with van der Waals surface area (Å²) in [4.78, 5) is 23.8. The van der Waals surface area contributed by atoms with Crippen molar-refractivity contribution >= 4 is 17.9 Å². The first kappa shape index (κ1) is 33.1. The van der Waals surface area contributed by atoms with Crippen molar-refractivity contribution in [2.24, 2.45) is 27.7 Å². The lowest BCUT2D eigenvalue weighted by Gasteiger charge is -2.37. The summed E-state index contributed by atoms with van der Waals surface area (Å²) < 4.78 is 35.7. The van der Waals surface area contributed by atoms with Gasteiger partial charge in [0.2, 0.25) is 0 Å². The first-order chi connectivity index (χ1) is 21.1. The van der Waals surface area contributed by atoms with E-state index in [9.17, 15) is 18.7 Å². The van der Waals surface area contributed by atoms with Crippen LogP contribution in [0, 0.1) is 17.8 Å². The monoisotopic (exact) mass is 607 g/mol. The van der Waals surface area contributed by atoms with Crippen molar-refractivity contribution in [3.05, 3.63) is 88.9 Å². The number of benzene rings is 1. The molecular weight excluding hydrogens is 564 g/mol. The lowest BCUT2D eigenvalue weighted by atomic mass is 9.85. The predicted octanol–water partition coefficient (Wildman–Crippen LogP) is 6.99. The molecular formula is C35H43F2N3O4. The van der Waals surface area contributed by atoms with Gasteiger partial charge in [-0.25, -0.2) is 4.99 Å². The highest BCUT2D eigenvalue weighted by Gasteiger charge is 2.46. The van der Waals surface area contributed by atoms with Gasteiger partial charge in [0, 0.05) is 36.5 Å². The number of nitrogens with zero attached hydrogens (tertiary/aromatic N) is 3. The van der Waals surface area contributed by atoms with Gasteiger partial charge in [0.1, 0.15) is 11.6 Å². The van der Waals surface area contributed by atoms with Crippen LogP contribution < -0.4 is 4.74 Å². The van der Waals surface area contributed by atoms with E-state index in [-0.39, 0.29) is 35.4 Å². The summed E-state index contributed by atoms with van der Waals surface area (Å²) in [6.45, 7) is 10.4.